The van der Waals surface area contributed by atoms with Crippen molar-refractivity contribution in [2.24, 2.45) is 5.41 Å². The zero-order valence-electron chi connectivity index (χ0n) is 8.96. The van der Waals surface area contributed by atoms with Gasteiger partial charge in [-0.25, -0.2) is 4.39 Å². The molecule has 1 aromatic carbocycles. The van der Waals surface area contributed by atoms with Crippen molar-refractivity contribution in [1.29, 1.82) is 0 Å². The molecule has 1 aliphatic carbocycles. The number of aliphatic hydroxyl groups is 1. The van der Waals surface area contributed by atoms with Gasteiger partial charge in [0.25, 0.3) is 0 Å². The van der Waals surface area contributed by atoms with Gasteiger partial charge in [0.2, 0.25) is 0 Å². The van der Waals surface area contributed by atoms with Crippen LogP contribution in [0.4, 0.5) is 4.39 Å². The fourth-order valence-corrected chi connectivity index (χ4v) is 1.74. The molecule has 1 saturated carbocycles. The molecule has 82 valence electrons. The Balaban J connectivity index is 2.35. The van der Waals surface area contributed by atoms with E-state index in [0.717, 1.165) is 12.8 Å². The number of hydrogen-bond acceptors (Lipinski definition) is 2. The van der Waals surface area contributed by atoms with E-state index in [1.54, 1.807) is 18.2 Å². The fourth-order valence-electron chi connectivity index (χ4n) is 1.74. The van der Waals surface area contributed by atoms with Crippen LogP contribution in [0.15, 0.2) is 18.2 Å². The van der Waals surface area contributed by atoms with Crippen molar-refractivity contribution in [3.8, 4) is 5.75 Å². The van der Waals surface area contributed by atoms with Crippen molar-refractivity contribution in [2.45, 2.75) is 25.9 Å². The van der Waals surface area contributed by atoms with E-state index >= 15 is 0 Å². The first kappa shape index (κ1) is 10.4. The Morgan fingerprint density at radius 2 is 2.13 bits per heavy atom. The number of ether oxygens (including phenoxy) is 1. The molecule has 15 heavy (non-hydrogen) atoms. The molecular formula is C12H15FO2. The van der Waals surface area contributed by atoms with Gasteiger partial charge in [0.1, 0.15) is 0 Å². The molecule has 1 fully saturated rings. The van der Waals surface area contributed by atoms with E-state index in [0.29, 0.717) is 5.56 Å². The van der Waals surface area contributed by atoms with Gasteiger partial charge in [-0.3, -0.25) is 0 Å². The number of aliphatic hydroxyl groups excluding tert-OH is 1. The van der Waals surface area contributed by atoms with Gasteiger partial charge in [0.15, 0.2) is 11.6 Å². The Kier molecular flexibility index (Phi) is 2.43. The van der Waals surface area contributed by atoms with E-state index in [-0.39, 0.29) is 11.2 Å². The van der Waals surface area contributed by atoms with Crippen molar-refractivity contribution < 1.29 is 14.2 Å². The van der Waals surface area contributed by atoms with Gasteiger partial charge in [0, 0.05) is 5.56 Å². The summed E-state index contributed by atoms with van der Waals surface area (Å²) in [4.78, 5) is 0. The second kappa shape index (κ2) is 3.49. The first-order valence-corrected chi connectivity index (χ1v) is 5.09. The Morgan fingerprint density at radius 3 is 2.67 bits per heavy atom. The van der Waals surface area contributed by atoms with Gasteiger partial charge in [-0.2, -0.15) is 0 Å². The summed E-state index contributed by atoms with van der Waals surface area (Å²) in [6, 6.07) is 4.87. The van der Waals surface area contributed by atoms with Gasteiger partial charge < -0.3 is 9.84 Å². The van der Waals surface area contributed by atoms with E-state index in [2.05, 4.69) is 0 Å². The summed E-state index contributed by atoms with van der Waals surface area (Å²) in [5, 5.41) is 10.0. The molecule has 0 amide bonds. The maximum atomic E-state index is 13.8. The van der Waals surface area contributed by atoms with Crippen molar-refractivity contribution >= 4 is 0 Å². The minimum absolute atomic E-state index is 0.146. The maximum Gasteiger partial charge on any atom is 0.170 e. The molecule has 0 bridgehead atoms. The standard InChI is InChI=1S/C12H15FO2/c1-12(6-7-12)11(14)8-4-3-5-9(15-2)10(8)13/h3-5,11,14H,6-7H2,1-2H3. The molecule has 1 unspecified atom stereocenters. The van der Waals surface area contributed by atoms with Crippen LogP contribution < -0.4 is 4.74 Å². The minimum Gasteiger partial charge on any atom is -0.494 e. The van der Waals surface area contributed by atoms with Crippen LogP contribution in [-0.4, -0.2) is 12.2 Å². The van der Waals surface area contributed by atoms with Gasteiger partial charge >= 0.3 is 0 Å². The van der Waals surface area contributed by atoms with Crippen molar-refractivity contribution in [3.05, 3.63) is 29.6 Å². The third-order valence-corrected chi connectivity index (χ3v) is 3.21. The largest absolute Gasteiger partial charge is 0.494 e. The van der Waals surface area contributed by atoms with Crippen molar-refractivity contribution in [1.82, 2.24) is 0 Å². The van der Waals surface area contributed by atoms with Crippen molar-refractivity contribution in [3.63, 3.8) is 0 Å². The van der Waals surface area contributed by atoms with Crippen LogP contribution in [0.5, 0.6) is 5.75 Å². The summed E-state index contributed by atoms with van der Waals surface area (Å²) in [6.07, 6.45) is 1.17. The lowest BCUT2D eigenvalue weighted by molar-refractivity contribution is 0.0991. The first-order chi connectivity index (χ1) is 7.08. The molecule has 1 atom stereocenters. The summed E-state index contributed by atoms with van der Waals surface area (Å²) >= 11 is 0. The third kappa shape index (κ3) is 1.72. The molecule has 1 N–H and O–H groups in total. The van der Waals surface area contributed by atoms with E-state index in [1.807, 2.05) is 6.92 Å². The molecule has 0 spiro atoms. The Morgan fingerprint density at radius 1 is 1.47 bits per heavy atom. The number of methoxy groups -OCH3 is 1. The maximum absolute atomic E-state index is 13.8. The summed E-state index contributed by atoms with van der Waals surface area (Å²) in [5.74, 6) is -0.253. The van der Waals surface area contributed by atoms with Crippen LogP contribution in [0, 0.1) is 11.2 Å². The zero-order chi connectivity index (χ0) is 11.1. The summed E-state index contributed by atoms with van der Waals surface area (Å²) in [7, 11) is 1.42. The lowest BCUT2D eigenvalue weighted by Crippen LogP contribution is -2.11. The SMILES string of the molecule is COc1cccc(C(O)C2(C)CC2)c1F. The van der Waals surface area contributed by atoms with Crippen LogP contribution in [-0.2, 0) is 0 Å². The number of hydrogen-bond donors (Lipinski definition) is 1. The predicted molar refractivity (Wildman–Crippen MR) is 55.3 cm³/mol. The second-order valence-corrected chi connectivity index (χ2v) is 4.42. The average Bonchev–Trinajstić information content (AvgIpc) is 2.97. The minimum atomic E-state index is -0.729. The summed E-state index contributed by atoms with van der Waals surface area (Å²) in [6.45, 7) is 1.97. The normalized spacial score (nSPS) is 19.7. The molecule has 1 aromatic rings. The molecule has 1 aliphatic rings. The highest BCUT2D eigenvalue weighted by Gasteiger charge is 2.45. The summed E-state index contributed by atoms with van der Waals surface area (Å²) < 4.78 is 18.7. The molecular weight excluding hydrogens is 195 g/mol. The van der Waals surface area contributed by atoms with Crippen LogP contribution in [0.3, 0.4) is 0 Å². The molecule has 2 nitrogen and oxygen atoms in total. The van der Waals surface area contributed by atoms with Crippen LogP contribution >= 0.6 is 0 Å². The first-order valence-electron chi connectivity index (χ1n) is 5.09. The van der Waals surface area contributed by atoms with Crippen molar-refractivity contribution in [2.75, 3.05) is 7.11 Å². The highest BCUT2D eigenvalue weighted by atomic mass is 19.1. The van der Waals surface area contributed by atoms with Gasteiger partial charge in [-0.05, 0) is 24.3 Å². The smallest absolute Gasteiger partial charge is 0.170 e. The number of benzene rings is 1. The third-order valence-electron chi connectivity index (χ3n) is 3.21. The highest BCUT2D eigenvalue weighted by molar-refractivity contribution is 5.33. The van der Waals surface area contributed by atoms with E-state index in [9.17, 15) is 9.50 Å². The predicted octanol–water partition coefficient (Wildman–Crippen LogP) is 2.67. The second-order valence-electron chi connectivity index (χ2n) is 4.42. The lowest BCUT2D eigenvalue weighted by Gasteiger charge is -2.19. The molecule has 3 heteroatoms. The van der Waals surface area contributed by atoms with Gasteiger partial charge in [0.05, 0.1) is 13.2 Å². The Hall–Kier alpha value is -1.09. The zero-order valence-corrected chi connectivity index (χ0v) is 8.96. The fraction of sp³-hybridized carbons (Fsp3) is 0.500. The molecule has 2 rings (SSSR count). The van der Waals surface area contributed by atoms with E-state index < -0.39 is 11.9 Å². The Labute approximate surface area is 88.7 Å². The van der Waals surface area contributed by atoms with Crippen LogP contribution in [0.25, 0.3) is 0 Å². The number of rotatable bonds is 3. The summed E-state index contributed by atoms with van der Waals surface area (Å²) in [5.41, 5.74) is 0.196. The monoisotopic (exact) mass is 210 g/mol. The van der Waals surface area contributed by atoms with Gasteiger partial charge in [-0.1, -0.05) is 19.1 Å². The average molecular weight is 210 g/mol. The van der Waals surface area contributed by atoms with Crippen LogP contribution in [0.1, 0.15) is 31.4 Å². The van der Waals surface area contributed by atoms with E-state index in [4.69, 9.17) is 4.74 Å². The Bertz CT molecular complexity index is 372. The van der Waals surface area contributed by atoms with Gasteiger partial charge in [-0.15, -0.1) is 0 Å². The van der Waals surface area contributed by atoms with E-state index in [1.165, 1.54) is 7.11 Å². The molecule has 0 aliphatic heterocycles. The molecule has 0 aromatic heterocycles. The highest BCUT2D eigenvalue weighted by Crippen LogP contribution is 2.55. The molecule has 0 radical (unpaired) electrons. The molecule has 0 saturated heterocycles. The van der Waals surface area contributed by atoms with Crippen LogP contribution in [0.2, 0.25) is 0 Å². The number of halogens is 1. The quantitative estimate of drug-likeness (QED) is 0.831. The topological polar surface area (TPSA) is 29.5 Å². The molecule has 0 heterocycles. The lowest BCUT2D eigenvalue weighted by atomic mass is 9.94.